The van der Waals surface area contributed by atoms with Crippen LogP contribution in [0.5, 0.6) is 5.75 Å². The van der Waals surface area contributed by atoms with E-state index in [2.05, 4.69) is 46.9 Å². The van der Waals surface area contributed by atoms with Crippen molar-refractivity contribution in [3.8, 4) is 16.9 Å². The second-order valence-electron chi connectivity index (χ2n) is 4.20. The SMILES string of the molecule is Oc1ccc2c(I)c(-c3ccccc3)ccc2c1. The van der Waals surface area contributed by atoms with E-state index in [1.54, 1.807) is 12.1 Å². The van der Waals surface area contributed by atoms with Gasteiger partial charge < -0.3 is 5.11 Å². The summed E-state index contributed by atoms with van der Waals surface area (Å²) in [5.74, 6) is 0.311. The highest BCUT2D eigenvalue weighted by atomic mass is 127. The summed E-state index contributed by atoms with van der Waals surface area (Å²) >= 11 is 2.37. The molecular formula is C16H11IO. The Morgan fingerprint density at radius 3 is 2.39 bits per heavy atom. The van der Waals surface area contributed by atoms with Crippen molar-refractivity contribution in [2.75, 3.05) is 0 Å². The number of fused-ring (bicyclic) bond motifs is 1. The van der Waals surface area contributed by atoms with Gasteiger partial charge in [0.05, 0.1) is 0 Å². The topological polar surface area (TPSA) is 20.2 Å². The maximum Gasteiger partial charge on any atom is 0.116 e. The molecule has 0 aliphatic rings. The molecular weight excluding hydrogens is 335 g/mol. The van der Waals surface area contributed by atoms with Crippen LogP contribution in [0.1, 0.15) is 0 Å². The molecule has 88 valence electrons. The van der Waals surface area contributed by atoms with Crippen molar-refractivity contribution in [1.29, 1.82) is 0 Å². The van der Waals surface area contributed by atoms with Gasteiger partial charge in [0.25, 0.3) is 0 Å². The fraction of sp³-hybridized carbons (Fsp3) is 0. The molecule has 0 amide bonds. The van der Waals surface area contributed by atoms with Crippen molar-refractivity contribution in [3.63, 3.8) is 0 Å². The Labute approximate surface area is 119 Å². The molecule has 2 heteroatoms. The molecule has 3 rings (SSSR count). The molecule has 0 aromatic heterocycles. The van der Waals surface area contributed by atoms with Gasteiger partial charge in [-0.15, -0.1) is 0 Å². The van der Waals surface area contributed by atoms with Crippen LogP contribution < -0.4 is 0 Å². The van der Waals surface area contributed by atoms with E-state index >= 15 is 0 Å². The van der Waals surface area contributed by atoms with Gasteiger partial charge in [-0.1, -0.05) is 42.5 Å². The Morgan fingerprint density at radius 1 is 0.833 bits per heavy atom. The maximum atomic E-state index is 9.51. The number of benzene rings is 3. The summed E-state index contributed by atoms with van der Waals surface area (Å²) in [6.07, 6.45) is 0. The molecule has 0 unspecified atom stereocenters. The lowest BCUT2D eigenvalue weighted by molar-refractivity contribution is 0.476. The van der Waals surface area contributed by atoms with E-state index in [-0.39, 0.29) is 0 Å². The number of phenolic OH excluding ortho intramolecular Hbond substituents is 1. The number of hydrogen-bond donors (Lipinski definition) is 1. The van der Waals surface area contributed by atoms with Crippen LogP contribution in [0, 0.1) is 3.57 Å². The zero-order valence-corrected chi connectivity index (χ0v) is 11.8. The van der Waals surface area contributed by atoms with Crippen molar-refractivity contribution in [1.82, 2.24) is 0 Å². The van der Waals surface area contributed by atoms with Gasteiger partial charge in [-0.25, -0.2) is 0 Å². The predicted octanol–water partition coefficient (Wildman–Crippen LogP) is 4.82. The number of rotatable bonds is 1. The third-order valence-electron chi connectivity index (χ3n) is 3.02. The van der Waals surface area contributed by atoms with E-state index in [1.165, 1.54) is 20.1 Å². The molecule has 0 aliphatic heterocycles. The summed E-state index contributed by atoms with van der Waals surface area (Å²) in [6.45, 7) is 0. The lowest BCUT2D eigenvalue weighted by atomic mass is 10.0. The molecule has 0 radical (unpaired) electrons. The van der Waals surface area contributed by atoms with Crippen molar-refractivity contribution in [2.24, 2.45) is 0 Å². The molecule has 0 saturated carbocycles. The number of phenols is 1. The third-order valence-corrected chi connectivity index (χ3v) is 4.18. The van der Waals surface area contributed by atoms with Crippen molar-refractivity contribution in [2.45, 2.75) is 0 Å². The average Bonchev–Trinajstić information content (AvgIpc) is 2.40. The van der Waals surface area contributed by atoms with Gasteiger partial charge in [-0.05, 0) is 62.7 Å². The Bertz CT molecular complexity index is 705. The summed E-state index contributed by atoms with van der Waals surface area (Å²) in [7, 11) is 0. The van der Waals surface area contributed by atoms with Crippen LogP contribution >= 0.6 is 22.6 Å². The molecule has 0 heterocycles. The second kappa shape index (κ2) is 4.61. The zero-order valence-electron chi connectivity index (χ0n) is 9.60. The molecule has 0 atom stereocenters. The monoisotopic (exact) mass is 346 g/mol. The summed E-state index contributed by atoms with van der Waals surface area (Å²) in [5.41, 5.74) is 2.45. The summed E-state index contributed by atoms with van der Waals surface area (Å²) in [4.78, 5) is 0. The minimum atomic E-state index is 0.311. The molecule has 1 N–H and O–H groups in total. The van der Waals surface area contributed by atoms with E-state index in [1.807, 2.05) is 24.3 Å². The maximum absolute atomic E-state index is 9.51. The third kappa shape index (κ3) is 1.97. The second-order valence-corrected chi connectivity index (χ2v) is 5.28. The standard InChI is InChI=1S/C16H11IO/c17-16-14(11-4-2-1-3-5-11)8-6-12-10-13(18)7-9-15(12)16/h1-10,18H. The van der Waals surface area contributed by atoms with Crippen LogP contribution in [0.2, 0.25) is 0 Å². The Hall–Kier alpha value is -1.55. The van der Waals surface area contributed by atoms with E-state index < -0.39 is 0 Å². The highest BCUT2D eigenvalue weighted by Gasteiger charge is 2.07. The number of aromatic hydroxyl groups is 1. The predicted molar refractivity (Wildman–Crippen MR) is 83.8 cm³/mol. The van der Waals surface area contributed by atoms with Crippen molar-refractivity contribution < 1.29 is 5.11 Å². The minimum absolute atomic E-state index is 0.311. The first-order valence-electron chi connectivity index (χ1n) is 5.72. The molecule has 3 aromatic carbocycles. The quantitative estimate of drug-likeness (QED) is 0.627. The molecule has 0 fully saturated rings. The Balaban J connectivity index is 2.27. The lowest BCUT2D eigenvalue weighted by Crippen LogP contribution is -1.85. The van der Waals surface area contributed by atoms with Crippen LogP contribution in [0.3, 0.4) is 0 Å². The minimum Gasteiger partial charge on any atom is -0.508 e. The Kier molecular flexibility index (Phi) is 2.96. The smallest absolute Gasteiger partial charge is 0.116 e. The number of hydrogen-bond acceptors (Lipinski definition) is 1. The van der Waals surface area contributed by atoms with E-state index in [4.69, 9.17) is 0 Å². The fourth-order valence-electron chi connectivity index (χ4n) is 2.12. The zero-order chi connectivity index (χ0) is 12.5. The summed E-state index contributed by atoms with van der Waals surface area (Å²) < 4.78 is 1.22. The van der Waals surface area contributed by atoms with E-state index in [0.29, 0.717) is 5.75 Å². The van der Waals surface area contributed by atoms with Crippen LogP contribution in [0.25, 0.3) is 21.9 Å². The first-order chi connectivity index (χ1) is 8.75. The summed E-state index contributed by atoms with van der Waals surface area (Å²) in [6, 6.07) is 20.0. The normalized spacial score (nSPS) is 10.7. The van der Waals surface area contributed by atoms with Crippen LogP contribution in [-0.2, 0) is 0 Å². The van der Waals surface area contributed by atoms with Gasteiger partial charge >= 0.3 is 0 Å². The van der Waals surface area contributed by atoms with Gasteiger partial charge in [0.2, 0.25) is 0 Å². The van der Waals surface area contributed by atoms with Gasteiger partial charge in [0.1, 0.15) is 5.75 Å². The van der Waals surface area contributed by atoms with E-state index in [0.717, 1.165) is 5.39 Å². The average molecular weight is 346 g/mol. The van der Waals surface area contributed by atoms with E-state index in [9.17, 15) is 5.11 Å². The number of halogens is 1. The molecule has 0 saturated heterocycles. The molecule has 3 aromatic rings. The highest BCUT2D eigenvalue weighted by Crippen LogP contribution is 2.32. The molecule has 1 nitrogen and oxygen atoms in total. The van der Waals surface area contributed by atoms with Crippen molar-refractivity contribution >= 4 is 33.4 Å². The molecule has 0 bridgehead atoms. The van der Waals surface area contributed by atoms with Gasteiger partial charge in [0.15, 0.2) is 0 Å². The first kappa shape index (κ1) is 11.5. The Morgan fingerprint density at radius 2 is 1.61 bits per heavy atom. The largest absolute Gasteiger partial charge is 0.508 e. The van der Waals surface area contributed by atoms with Crippen LogP contribution in [-0.4, -0.2) is 5.11 Å². The fourth-order valence-corrected chi connectivity index (χ4v) is 3.10. The van der Waals surface area contributed by atoms with Crippen molar-refractivity contribution in [3.05, 3.63) is 64.2 Å². The summed E-state index contributed by atoms with van der Waals surface area (Å²) in [5, 5.41) is 11.7. The van der Waals surface area contributed by atoms with Crippen LogP contribution in [0.15, 0.2) is 60.7 Å². The molecule has 18 heavy (non-hydrogen) atoms. The first-order valence-corrected chi connectivity index (χ1v) is 6.80. The lowest BCUT2D eigenvalue weighted by Gasteiger charge is -2.08. The highest BCUT2D eigenvalue weighted by molar-refractivity contribution is 14.1. The van der Waals surface area contributed by atoms with Gasteiger partial charge in [0, 0.05) is 3.57 Å². The van der Waals surface area contributed by atoms with Gasteiger partial charge in [-0.2, -0.15) is 0 Å². The molecule has 0 spiro atoms. The van der Waals surface area contributed by atoms with Crippen LogP contribution in [0.4, 0.5) is 0 Å². The van der Waals surface area contributed by atoms with Gasteiger partial charge in [-0.3, -0.25) is 0 Å². The molecule has 0 aliphatic carbocycles.